The molecule has 2 aromatic heterocycles. The predicted octanol–water partition coefficient (Wildman–Crippen LogP) is 5.48. The first-order valence-electron chi connectivity index (χ1n) is 13.4. The topological polar surface area (TPSA) is 108 Å². The lowest BCUT2D eigenvalue weighted by atomic mass is 9.94. The van der Waals surface area contributed by atoms with Gasteiger partial charge in [-0.25, -0.2) is 14.8 Å². The minimum atomic E-state index is -0.0605. The summed E-state index contributed by atoms with van der Waals surface area (Å²) in [4.78, 5) is 23.7. The lowest BCUT2D eigenvalue weighted by molar-refractivity contribution is 0.0825. The summed E-state index contributed by atoms with van der Waals surface area (Å²) in [5.74, 6) is 1.74. The molecule has 9 heteroatoms. The molecular weight excluding hydrogens is 480 g/mol. The Balaban J connectivity index is 1.11. The Kier molecular flexibility index (Phi) is 7.93. The van der Waals surface area contributed by atoms with Gasteiger partial charge in [-0.1, -0.05) is 31.2 Å². The molecule has 1 fully saturated rings. The van der Waals surface area contributed by atoms with E-state index in [4.69, 9.17) is 15.2 Å². The van der Waals surface area contributed by atoms with E-state index in [2.05, 4.69) is 32.8 Å². The largest absolute Gasteiger partial charge is 0.497 e. The molecule has 1 saturated heterocycles. The van der Waals surface area contributed by atoms with Crippen LogP contribution in [0.25, 0.3) is 21.9 Å². The zero-order chi connectivity index (χ0) is 26.5. The number of hydrogen-bond donors (Lipinski definition) is 2. The van der Waals surface area contributed by atoms with E-state index in [1.807, 2.05) is 53.7 Å². The van der Waals surface area contributed by atoms with E-state index in [0.29, 0.717) is 24.9 Å². The lowest BCUT2D eigenvalue weighted by Crippen LogP contribution is -2.41. The van der Waals surface area contributed by atoms with Gasteiger partial charge >= 0.3 is 6.03 Å². The molecule has 1 atom stereocenters. The molecule has 2 amide bonds. The van der Waals surface area contributed by atoms with Gasteiger partial charge < -0.3 is 30.0 Å². The molecule has 0 spiro atoms. The highest BCUT2D eigenvalue weighted by atomic mass is 16.5. The number of carbonyl (C=O) groups excluding carboxylic acids is 1. The van der Waals surface area contributed by atoms with Gasteiger partial charge in [0, 0.05) is 36.8 Å². The average Bonchev–Trinajstić information content (AvgIpc) is 3.39. The molecular formula is C29H36N6O3. The van der Waals surface area contributed by atoms with Crippen LogP contribution in [0.2, 0.25) is 0 Å². The molecule has 1 unspecified atom stereocenters. The number of piperidine rings is 1. The van der Waals surface area contributed by atoms with Crippen molar-refractivity contribution >= 4 is 39.5 Å². The average molecular weight is 517 g/mol. The number of pyridine rings is 1. The normalized spacial score (nSPS) is 15.2. The molecule has 0 bridgehead atoms. The van der Waals surface area contributed by atoms with Crippen LogP contribution >= 0.6 is 0 Å². The standard InChI is InChI=1S/C29H36N6O3/c1-3-22(35-19-31-26-27(35)24-9-4-5-10-25(24)33-28(26)30)18-38-16-13-20-11-14-34(15-12-20)29(36)32-21-7-6-8-23(17-21)37-2/h4-10,17,19-20,22H,3,11-16,18H2,1-2H3,(H2,30,33)(H,32,36). The number of urea groups is 1. The monoisotopic (exact) mass is 516 g/mol. The van der Waals surface area contributed by atoms with E-state index in [1.165, 1.54) is 0 Å². The van der Waals surface area contributed by atoms with Crippen molar-refractivity contribution in [3.05, 3.63) is 54.9 Å². The number of nitrogens with two attached hydrogens (primary N) is 1. The van der Waals surface area contributed by atoms with Crippen LogP contribution in [-0.4, -0.2) is 58.9 Å². The van der Waals surface area contributed by atoms with Gasteiger partial charge in [-0.2, -0.15) is 0 Å². The predicted molar refractivity (Wildman–Crippen MR) is 151 cm³/mol. The van der Waals surface area contributed by atoms with Crippen LogP contribution in [0.4, 0.5) is 16.3 Å². The van der Waals surface area contributed by atoms with E-state index in [0.717, 1.165) is 72.1 Å². The molecule has 38 heavy (non-hydrogen) atoms. The van der Waals surface area contributed by atoms with Crippen LogP contribution in [-0.2, 0) is 4.74 Å². The summed E-state index contributed by atoms with van der Waals surface area (Å²) >= 11 is 0. The van der Waals surface area contributed by atoms with Gasteiger partial charge in [-0.05, 0) is 49.8 Å². The summed E-state index contributed by atoms with van der Waals surface area (Å²) in [7, 11) is 1.62. The second-order valence-electron chi connectivity index (χ2n) is 9.88. The van der Waals surface area contributed by atoms with E-state index in [-0.39, 0.29) is 12.1 Å². The summed E-state index contributed by atoms with van der Waals surface area (Å²) in [6, 6.07) is 15.6. The summed E-state index contributed by atoms with van der Waals surface area (Å²) in [6.07, 6.45) is 5.74. The number of imidazole rings is 1. The van der Waals surface area contributed by atoms with Crippen molar-refractivity contribution in [2.45, 2.75) is 38.6 Å². The van der Waals surface area contributed by atoms with Gasteiger partial charge in [0.2, 0.25) is 0 Å². The number of aromatic nitrogens is 3. The third-order valence-electron chi connectivity index (χ3n) is 7.50. The molecule has 0 aliphatic carbocycles. The van der Waals surface area contributed by atoms with Crippen molar-refractivity contribution in [1.29, 1.82) is 0 Å². The first kappa shape index (κ1) is 25.8. The first-order valence-corrected chi connectivity index (χ1v) is 13.4. The number of para-hydroxylation sites is 1. The number of carbonyl (C=O) groups is 1. The van der Waals surface area contributed by atoms with E-state index in [9.17, 15) is 4.79 Å². The Morgan fingerprint density at radius 3 is 2.79 bits per heavy atom. The van der Waals surface area contributed by atoms with Gasteiger partial charge in [0.25, 0.3) is 0 Å². The van der Waals surface area contributed by atoms with Crippen molar-refractivity contribution in [1.82, 2.24) is 19.4 Å². The number of nitrogens with zero attached hydrogens (tertiary/aromatic N) is 4. The number of ether oxygens (including phenoxy) is 2. The van der Waals surface area contributed by atoms with Gasteiger partial charge in [-0.3, -0.25) is 0 Å². The van der Waals surface area contributed by atoms with Crippen LogP contribution in [0.5, 0.6) is 5.75 Å². The second kappa shape index (κ2) is 11.7. The van der Waals surface area contributed by atoms with Crippen molar-refractivity contribution in [3.63, 3.8) is 0 Å². The van der Waals surface area contributed by atoms with E-state index < -0.39 is 0 Å². The molecule has 1 aliphatic rings. The Morgan fingerprint density at radius 2 is 2.00 bits per heavy atom. The highest BCUT2D eigenvalue weighted by Gasteiger charge is 2.23. The van der Waals surface area contributed by atoms with E-state index in [1.54, 1.807) is 7.11 Å². The van der Waals surface area contributed by atoms with Gasteiger partial charge in [0.15, 0.2) is 5.82 Å². The maximum atomic E-state index is 12.7. The Labute approximate surface area is 222 Å². The molecule has 5 rings (SSSR count). The van der Waals surface area contributed by atoms with Gasteiger partial charge in [0.05, 0.1) is 37.1 Å². The highest BCUT2D eigenvalue weighted by molar-refractivity contribution is 6.06. The van der Waals surface area contributed by atoms with Crippen LogP contribution < -0.4 is 15.8 Å². The van der Waals surface area contributed by atoms with Crippen molar-refractivity contribution in [2.75, 3.05) is 44.5 Å². The fourth-order valence-corrected chi connectivity index (χ4v) is 5.24. The molecule has 2 aromatic carbocycles. The number of benzene rings is 2. The summed E-state index contributed by atoms with van der Waals surface area (Å²) in [6.45, 7) is 4.98. The summed E-state index contributed by atoms with van der Waals surface area (Å²) in [5.41, 5.74) is 9.58. The Hall–Kier alpha value is -3.85. The number of rotatable bonds is 9. The van der Waals surface area contributed by atoms with Crippen LogP contribution in [0.1, 0.15) is 38.6 Å². The number of nitrogens with one attached hydrogen (secondary N) is 1. The highest BCUT2D eigenvalue weighted by Crippen LogP contribution is 2.30. The SMILES string of the molecule is CCC(COCCC1CCN(C(=O)Nc2cccc(OC)c2)CC1)n1cnc2c(N)nc3ccccc3c21. The number of fused-ring (bicyclic) bond motifs is 3. The fraction of sp³-hybridized carbons (Fsp3) is 0.414. The summed E-state index contributed by atoms with van der Waals surface area (Å²) < 4.78 is 13.6. The molecule has 4 aromatic rings. The number of nitrogen functional groups attached to an aromatic ring is 1. The lowest BCUT2D eigenvalue weighted by Gasteiger charge is -2.32. The zero-order valence-corrected chi connectivity index (χ0v) is 22.1. The number of methoxy groups -OCH3 is 1. The maximum absolute atomic E-state index is 12.7. The minimum absolute atomic E-state index is 0.0605. The molecule has 3 N–H and O–H groups in total. The Morgan fingerprint density at radius 1 is 1.18 bits per heavy atom. The number of amides is 2. The summed E-state index contributed by atoms with van der Waals surface area (Å²) in [5, 5.41) is 4.03. The number of hydrogen-bond acceptors (Lipinski definition) is 6. The molecule has 1 aliphatic heterocycles. The van der Waals surface area contributed by atoms with Gasteiger partial charge in [0.1, 0.15) is 11.3 Å². The molecule has 0 radical (unpaired) electrons. The minimum Gasteiger partial charge on any atom is -0.497 e. The smallest absolute Gasteiger partial charge is 0.321 e. The van der Waals surface area contributed by atoms with Crippen molar-refractivity contribution in [3.8, 4) is 5.75 Å². The number of anilines is 2. The van der Waals surface area contributed by atoms with Crippen molar-refractivity contribution < 1.29 is 14.3 Å². The Bertz CT molecular complexity index is 1400. The van der Waals surface area contributed by atoms with Crippen molar-refractivity contribution in [2.24, 2.45) is 5.92 Å². The molecule has 0 saturated carbocycles. The van der Waals surface area contributed by atoms with E-state index >= 15 is 0 Å². The molecule has 3 heterocycles. The van der Waals surface area contributed by atoms with Gasteiger partial charge in [-0.15, -0.1) is 0 Å². The molecule has 9 nitrogen and oxygen atoms in total. The third kappa shape index (κ3) is 5.52. The second-order valence-corrected chi connectivity index (χ2v) is 9.88. The number of likely N-dealkylation sites (tertiary alicyclic amines) is 1. The molecule has 200 valence electrons. The zero-order valence-electron chi connectivity index (χ0n) is 22.1. The fourth-order valence-electron chi connectivity index (χ4n) is 5.24. The maximum Gasteiger partial charge on any atom is 0.321 e. The van der Waals surface area contributed by atoms with Crippen LogP contribution in [0.3, 0.4) is 0 Å². The van der Waals surface area contributed by atoms with Crippen LogP contribution in [0, 0.1) is 5.92 Å². The van der Waals surface area contributed by atoms with Crippen LogP contribution in [0.15, 0.2) is 54.9 Å². The quantitative estimate of drug-likeness (QED) is 0.285. The third-order valence-corrected chi connectivity index (χ3v) is 7.50. The first-order chi connectivity index (χ1) is 18.6.